The Kier molecular flexibility index (Phi) is 4.31. The van der Waals surface area contributed by atoms with Crippen molar-refractivity contribution in [1.82, 2.24) is 19.9 Å². The maximum absolute atomic E-state index is 4.51. The van der Waals surface area contributed by atoms with Crippen LogP contribution in [-0.2, 0) is 6.54 Å². The van der Waals surface area contributed by atoms with E-state index in [1.54, 1.807) is 0 Å². The Bertz CT molecular complexity index is 582. The molecule has 0 unspecified atom stereocenters. The van der Waals surface area contributed by atoms with E-state index >= 15 is 0 Å². The van der Waals surface area contributed by atoms with Crippen molar-refractivity contribution < 1.29 is 0 Å². The minimum Gasteiger partial charge on any atom is -0.348 e. The predicted molar refractivity (Wildman–Crippen MR) is 84.2 cm³/mol. The molecule has 1 saturated heterocycles. The van der Waals surface area contributed by atoms with Crippen LogP contribution < -0.4 is 0 Å². The molecule has 2 heterocycles. The van der Waals surface area contributed by atoms with Crippen LogP contribution in [0, 0.1) is 6.92 Å². The number of rotatable bonds is 4. The highest BCUT2D eigenvalue weighted by Crippen LogP contribution is 2.08. The minimum absolute atomic E-state index is 0.888. The first kappa shape index (κ1) is 13.8. The number of aromatic amines is 1. The fourth-order valence-electron chi connectivity index (χ4n) is 2.50. The summed E-state index contributed by atoms with van der Waals surface area (Å²) in [6, 6.07) is 10.6. The molecule has 5 heteroatoms. The summed E-state index contributed by atoms with van der Waals surface area (Å²) in [7, 11) is 0. The molecule has 110 valence electrons. The van der Waals surface area contributed by atoms with Crippen LogP contribution in [0.15, 0.2) is 41.6 Å². The molecule has 0 bridgehead atoms. The van der Waals surface area contributed by atoms with E-state index in [2.05, 4.69) is 55.3 Å². The van der Waals surface area contributed by atoms with E-state index < -0.39 is 0 Å². The number of nitrogens with zero attached hydrogens (tertiary/aromatic N) is 4. The molecular formula is C16H21N5. The molecule has 1 aromatic heterocycles. The fourth-order valence-corrected chi connectivity index (χ4v) is 2.50. The Labute approximate surface area is 125 Å². The summed E-state index contributed by atoms with van der Waals surface area (Å²) < 4.78 is 0. The van der Waals surface area contributed by atoms with Gasteiger partial charge >= 0.3 is 0 Å². The Morgan fingerprint density at radius 2 is 1.95 bits per heavy atom. The van der Waals surface area contributed by atoms with Gasteiger partial charge in [-0.15, -0.1) is 0 Å². The van der Waals surface area contributed by atoms with Gasteiger partial charge < -0.3 is 4.98 Å². The zero-order valence-electron chi connectivity index (χ0n) is 12.4. The van der Waals surface area contributed by atoms with Crippen molar-refractivity contribution in [2.24, 2.45) is 5.10 Å². The zero-order chi connectivity index (χ0) is 14.5. The number of hydrazone groups is 1. The highest BCUT2D eigenvalue weighted by Gasteiger charge is 2.15. The van der Waals surface area contributed by atoms with Crippen LogP contribution >= 0.6 is 0 Å². The van der Waals surface area contributed by atoms with Gasteiger partial charge in [0.05, 0.1) is 6.21 Å². The lowest BCUT2D eigenvalue weighted by Gasteiger charge is -2.32. The summed E-state index contributed by atoms with van der Waals surface area (Å²) in [6.07, 6.45) is 3.71. The van der Waals surface area contributed by atoms with Crippen LogP contribution in [0.5, 0.6) is 0 Å². The van der Waals surface area contributed by atoms with Crippen LogP contribution in [0.1, 0.15) is 17.1 Å². The minimum atomic E-state index is 0.888. The number of piperazine rings is 1. The van der Waals surface area contributed by atoms with E-state index in [0.717, 1.165) is 44.2 Å². The lowest BCUT2D eigenvalue weighted by Crippen LogP contribution is -2.43. The van der Waals surface area contributed by atoms with Gasteiger partial charge in [-0.05, 0) is 12.5 Å². The average molecular weight is 283 g/mol. The smallest absolute Gasteiger partial charge is 0.103 e. The van der Waals surface area contributed by atoms with Crippen LogP contribution in [0.4, 0.5) is 0 Å². The molecule has 3 rings (SSSR count). The third kappa shape index (κ3) is 3.92. The lowest BCUT2D eigenvalue weighted by atomic mass is 10.2. The molecular weight excluding hydrogens is 262 g/mol. The highest BCUT2D eigenvalue weighted by atomic mass is 15.5. The lowest BCUT2D eigenvalue weighted by molar-refractivity contribution is 0.131. The van der Waals surface area contributed by atoms with Gasteiger partial charge in [0.25, 0.3) is 0 Å². The number of aromatic nitrogens is 2. The third-order valence-corrected chi connectivity index (χ3v) is 3.68. The molecule has 2 aromatic rings. The molecule has 0 aliphatic carbocycles. The highest BCUT2D eigenvalue weighted by molar-refractivity contribution is 5.76. The largest absolute Gasteiger partial charge is 0.348 e. The Balaban J connectivity index is 1.48. The number of imidazole rings is 1. The number of aryl methyl sites for hydroxylation is 1. The fraction of sp³-hybridized carbons (Fsp3) is 0.375. The van der Waals surface area contributed by atoms with E-state index in [1.807, 2.05) is 19.3 Å². The van der Waals surface area contributed by atoms with Crippen molar-refractivity contribution in [3.05, 3.63) is 53.6 Å². The normalized spacial score (nSPS) is 16.7. The van der Waals surface area contributed by atoms with Gasteiger partial charge in [-0.3, -0.25) is 9.91 Å². The maximum atomic E-state index is 4.51. The van der Waals surface area contributed by atoms with Gasteiger partial charge in [0, 0.05) is 38.9 Å². The third-order valence-electron chi connectivity index (χ3n) is 3.68. The van der Waals surface area contributed by atoms with E-state index in [0.29, 0.717) is 0 Å². The van der Waals surface area contributed by atoms with E-state index in [-0.39, 0.29) is 0 Å². The molecule has 0 radical (unpaired) electrons. The van der Waals surface area contributed by atoms with Crippen molar-refractivity contribution in [3.63, 3.8) is 0 Å². The molecule has 0 atom stereocenters. The van der Waals surface area contributed by atoms with E-state index in [1.165, 1.54) is 5.56 Å². The molecule has 1 aromatic carbocycles. The monoisotopic (exact) mass is 283 g/mol. The first-order chi connectivity index (χ1) is 10.3. The van der Waals surface area contributed by atoms with Crippen LogP contribution in [-0.4, -0.2) is 52.3 Å². The molecule has 1 fully saturated rings. The van der Waals surface area contributed by atoms with Crippen LogP contribution in [0.2, 0.25) is 0 Å². The van der Waals surface area contributed by atoms with Crippen LogP contribution in [0.3, 0.4) is 0 Å². The molecule has 1 N–H and O–H groups in total. The van der Waals surface area contributed by atoms with Crippen LogP contribution in [0.25, 0.3) is 0 Å². The van der Waals surface area contributed by atoms with Gasteiger partial charge in [-0.2, -0.15) is 5.10 Å². The summed E-state index contributed by atoms with van der Waals surface area (Å²) in [5.74, 6) is 0.920. The van der Waals surface area contributed by atoms with E-state index in [9.17, 15) is 0 Å². The molecule has 0 spiro atoms. The number of hydrogen-bond donors (Lipinski definition) is 1. The molecule has 0 amide bonds. The first-order valence-electron chi connectivity index (χ1n) is 7.37. The quantitative estimate of drug-likeness (QED) is 0.871. The zero-order valence-corrected chi connectivity index (χ0v) is 12.4. The maximum Gasteiger partial charge on any atom is 0.103 e. The number of H-pyrrole nitrogens is 1. The molecule has 0 saturated carbocycles. The second kappa shape index (κ2) is 6.54. The number of benzene rings is 1. The summed E-state index contributed by atoms with van der Waals surface area (Å²) in [6.45, 7) is 6.99. The summed E-state index contributed by atoms with van der Waals surface area (Å²) in [5.41, 5.74) is 2.26. The number of nitrogens with one attached hydrogen (secondary N) is 1. The summed E-state index contributed by atoms with van der Waals surface area (Å²) in [5, 5.41) is 6.62. The molecule has 1 aliphatic rings. The van der Waals surface area contributed by atoms with E-state index in [4.69, 9.17) is 0 Å². The molecule has 5 nitrogen and oxygen atoms in total. The Morgan fingerprint density at radius 3 is 2.62 bits per heavy atom. The average Bonchev–Trinajstić information content (AvgIpc) is 2.93. The second-order valence-electron chi connectivity index (χ2n) is 5.37. The Morgan fingerprint density at radius 1 is 1.19 bits per heavy atom. The predicted octanol–water partition coefficient (Wildman–Crippen LogP) is 1.87. The van der Waals surface area contributed by atoms with Gasteiger partial charge in [0.15, 0.2) is 0 Å². The van der Waals surface area contributed by atoms with Gasteiger partial charge in [0.2, 0.25) is 0 Å². The SMILES string of the molecule is Cc1nc(C=NN2CCN(Cc3ccccc3)CC2)c[nH]1. The molecule has 21 heavy (non-hydrogen) atoms. The summed E-state index contributed by atoms with van der Waals surface area (Å²) in [4.78, 5) is 9.86. The van der Waals surface area contributed by atoms with Gasteiger partial charge in [-0.1, -0.05) is 30.3 Å². The van der Waals surface area contributed by atoms with Crippen molar-refractivity contribution in [3.8, 4) is 0 Å². The standard InChI is InChI=1S/C16H21N5/c1-14-17-11-16(19-14)12-18-21-9-7-20(8-10-21)13-15-5-3-2-4-6-15/h2-6,11-12H,7-10,13H2,1H3,(H,17,19). The van der Waals surface area contributed by atoms with Crippen molar-refractivity contribution in [2.45, 2.75) is 13.5 Å². The first-order valence-corrected chi connectivity index (χ1v) is 7.37. The van der Waals surface area contributed by atoms with Gasteiger partial charge in [-0.25, -0.2) is 4.98 Å². The summed E-state index contributed by atoms with van der Waals surface area (Å²) >= 11 is 0. The molecule has 1 aliphatic heterocycles. The van der Waals surface area contributed by atoms with Crippen molar-refractivity contribution >= 4 is 6.21 Å². The van der Waals surface area contributed by atoms with Gasteiger partial charge in [0.1, 0.15) is 11.5 Å². The topological polar surface area (TPSA) is 47.5 Å². The number of hydrogen-bond acceptors (Lipinski definition) is 4. The van der Waals surface area contributed by atoms with Crippen molar-refractivity contribution in [1.29, 1.82) is 0 Å². The Hall–Kier alpha value is -2.14. The second-order valence-corrected chi connectivity index (χ2v) is 5.37. The van der Waals surface area contributed by atoms with Crippen molar-refractivity contribution in [2.75, 3.05) is 26.2 Å².